The van der Waals surface area contributed by atoms with Crippen LogP contribution in [0.1, 0.15) is 6.92 Å². The second kappa shape index (κ2) is 9.36. The smallest absolute Gasteiger partial charge is 0.246 e. The summed E-state index contributed by atoms with van der Waals surface area (Å²) < 4.78 is 51.7. The fourth-order valence-corrected chi connectivity index (χ4v) is 4.70. The van der Waals surface area contributed by atoms with Crippen LogP contribution in [0.5, 0.6) is 11.5 Å². The largest absolute Gasteiger partial charge is 0.494 e. The molecule has 152 valence electrons. The molecule has 0 aliphatic carbocycles. The van der Waals surface area contributed by atoms with Gasteiger partial charge in [-0.2, -0.15) is 4.31 Å². The van der Waals surface area contributed by atoms with Crippen LogP contribution in [0.2, 0.25) is 0 Å². The van der Waals surface area contributed by atoms with E-state index < -0.39 is 15.8 Å². The van der Waals surface area contributed by atoms with Crippen molar-refractivity contribution in [2.75, 3.05) is 45.9 Å². The van der Waals surface area contributed by atoms with E-state index in [1.165, 1.54) is 33.5 Å². The number of hydrogen-bond acceptors (Lipinski definition) is 4. The summed E-state index contributed by atoms with van der Waals surface area (Å²) in [6.45, 7) is 5.96. The van der Waals surface area contributed by atoms with Crippen LogP contribution in [-0.2, 0) is 10.0 Å². The molecule has 28 heavy (non-hydrogen) atoms. The summed E-state index contributed by atoms with van der Waals surface area (Å²) in [7, 11) is -3.79. The zero-order valence-electron chi connectivity index (χ0n) is 15.9. The molecule has 2 aromatic rings. The Balaban J connectivity index is 1.46. The number of nitrogens with zero attached hydrogens (tertiary/aromatic N) is 1. The molecule has 0 spiro atoms. The van der Waals surface area contributed by atoms with Crippen molar-refractivity contribution in [3.63, 3.8) is 0 Å². The molecule has 8 heteroatoms. The van der Waals surface area contributed by atoms with Crippen molar-refractivity contribution in [1.29, 1.82) is 0 Å². The highest BCUT2D eigenvalue weighted by molar-refractivity contribution is 7.89. The van der Waals surface area contributed by atoms with Crippen LogP contribution in [0.3, 0.4) is 0 Å². The van der Waals surface area contributed by atoms with E-state index in [1.807, 2.05) is 31.2 Å². The van der Waals surface area contributed by atoms with Crippen LogP contribution >= 0.6 is 0 Å². The molecule has 0 amide bonds. The van der Waals surface area contributed by atoms with E-state index >= 15 is 0 Å². The normalized spacial score (nSPS) is 16.1. The van der Waals surface area contributed by atoms with E-state index in [1.54, 1.807) is 0 Å². The van der Waals surface area contributed by atoms with Crippen LogP contribution < -0.4 is 14.4 Å². The molecule has 1 heterocycles. The third-order valence-electron chi connectivity index (χ3n) is 4.74. The lowest BCUT2D eigenvalue weighted by molar-refractivity contribution is -0.903. The summed E-state index contributed by atoms with van der Waals surface area (Å²) in [5.74, 6) is 0.886. The fourth-order valence-electron chi connectivity index (χ4n) is 3.20. The van der Waals surface area contributed by atoms with Gasteiger partial charge >= 0.3 is 0 Å². The molecule has 0 unspecified atom stereocenters. The molecule has 3 rings (SSSR count). The van der Waals surface area contributed by atoms with Gasteiger partial charge in [0.1, 0.15) is 35.4 Å². The first-order chi connectivity index (χ1) is 13.5. The third kappa shape index (κ3) is 5.01. The van der Waals surface area contributed by atoms with Gasteiger partial charge in [-0.05, 0) is 43.3 Å². The minimum atomic E-state index is -3.79. The van der Waals surface area contributed by atoms with Gasteiger partial charge in [0.2, 0.25) is 10.0 Å². The average molecular weight is 410 g/mol. The molecule has 0 radical (unpaired) electrons. The van der Waals surface area contributed by atoms with Gasteiger partial charge in [0.25, 0.3) is 0 Å². The van der Waals surface area contributed by atoms with E-state index in [0.29, 0.717) is 39.4 Å². The van der Waals surface area contributed by atoms with Gasteiger partial charge in [-0.3, -0.25) is 0 Å². The van der Waals surface area contributed by atoms with Gasteiger partial charge < -0.3 is 14.4 Å². The Morgan fingerprint density at radius 3 is 2.21 bits per heavy atom. The van der Waals surface area contributed by atoms with Crippen molar-refractivity contribution in [2.24, 2.45) is 0 Å². The Bertz CT molecular complexity index is 866. The molecule has 1 aliphatic heterocycles. The first-order valence-corrected chi connectivity index (χ1v) is 10.9. The first-order valence-electron chi connectivity index (χ1n) is 9.44. The second-order valence-corrected chi connectivity index (χ2v) is 8.49. The lowest BCUT2D eigenvalue weighted by Crippen LogP contribution is -3.15. The topological polar surface area (TPSA) is 60.3 Å². The maximum Gasteiger partial charge on any atom is 0.246 e. The third-order valence-corrected chi connectivity index (χ3v) is 6.67. The molecular formula is C20H26FN2O4S+. The van der Waals surface area contributed by atoms with Crippen molar-refractivity contribution in [3.8, 4) is 11.5 Å². The van der Waals surface area contributed by atoms with Crippen molar-refractivity contribution in [2.45, 2.75) is 11.8 Å². The number of benzene rings is 2. The quantitative estimate of drug-likeness (QED) is 0.712. The summed E-state index contributed by atoms with van der Waals surface area (Å²) in [5, 5.41) is 0. The van der Waals surface area contributed by atoms with Gasteiger partial charge in [0, 0.05) is 0 Å². The number of halogens is 1. The Labute approximate surface area is 165 Å². The Morgan fingerprint density at radius 2 is 1.61 bits per heavy atom. The Hall–Kier alpha value is -2.16. The molecule has 0 atom stereocenters. The highest BCUT2D eigenvalue weighted by Crippen LogP contribution is 2.19. The maximum absolute atomic E-state index is 13.9. The van der Waals surface area contributed by atoms with Crippen LogP contribution in [0.25, 0.3) is 0 Å². The summed E-state index contributed by atoms with van der Waals surface area (Å²) in [4.78, 5) is 1.02. The first kappa shape index (κ1) is 20.6. The molecule has 1 saturated heterocycles. The van der Waals surface area contributed by atoms with Crippen molar-refractivity contribution < 1.29 is 27.2 Å². The molecule has 0 saturated carbocycles. The van der Waals surface area contributed by atoms with E-state index in [2.05, 4.69) is 0 Å². The monoisotopic (exact) mass is 409 g/mol. The van der Waals surface area contributed by atoms with Crippen molar-refractivity contribution in [3.05, 3.63) is 54.3 Å². The molecule has 1 fully saturated rings. The van der Waals surface area contributed by atoms with Gasteiger partial charge in [-0.15, -0.1) is 0 Å². The summed E-state index contributed by atoms with van der Waals surface area (Å²) in [6.07, 6.45) is 0. The van der Waals surface area contributed by atoms with Crippen molar-refractivity contribution >= 4 is 10.0 Å². The highest BCUT2D eigenvalue weighted by Gasteiger charge is 2.31. The average Bonchev–Trinajstić information content (AvgIpc) is 2.70. The lowest BCUT2D eigenvalue weighted by atomic mass is 10.3. The molecule has 1 N–H and O–H groups in total. The lowest BCUT2D eigenvalue weighted by Gasteiger charge is -2.31. The van der Waals surface area contributed by atoms with Crippen molar-refractivity contribution in [1.82, 2.24) is 4.31 Å². The van der Waals surface area contributed by atoms with Gasteiger partial charge in [0.05, 0.1) is 32.8 Å². The van der Waals surface area contributed by atoms with Gasteiger partial charge in [0.15, 0.2) is 0 Å². The van der Waals surface area contributed by atoms with E-state index in [4.69, 9.17) is 9.47 Å². The number of hydrogen-bond donors (Lipinski definition) is 1. The highest BCUT2D eigenvalue weighted by atomic mass is 32.2. The minimum Gasteiger partial charge on any atom is -0.494 e. The number of ether oxygens (including phenoxy) is 2. The molecule has 0 bridgehead atoms. The van der Waals surface area contributed by atoms with Crippen LogP contribution in [0.4, 0.5) is 4.39 Å². The van der Waals surface area contributed by atoms with Crippen LogP contribution in [0.15, 0.2) is 53.4 Å². The number of rotatable bonds is 8. The van der Waals surface area contributed by atoms with Gasteiger partial charge in [-0.1, -0.05) is 12.1 Å². The predicted molar refractivity (Wildman–Crippen MR) is 104 cm³/mol. The second-order valence-electron chi connectivity index (χ2n) is 6.59. The summed E-state index contributed by atoms with van der Waals surface area (Å²) >= 11 is 0. The number of quaternary nitrogens is 1. The van der Waals surface area contributed by atoms with E-state index in [0.717, 1.165) is 18.0 Å². The molecule has 0 aromatic heterocycles. The predicted octanol–water partition coefficient (Wildman–Crippen LogP) is 1.19. The Kier molecular flexibility index (Phi) is 6.88. The van der Waals surface area contributed by atoms with E-state index in [-0.39, 0.29) is 4.90 Å². The minimum absolute atomic E-state index is 0.253. The standard InChI is InChI=1S/C20H25FN2O4S/c1-2-26-17-7-9-18(10-8-17)27-16-15-22-11-13-23(14-12-22)28(24,25)20-6-4-3-5-19(20)21/h3-10H,2,11-16H2,1H3/p+1. The molecule has 6 nitrogen and oxygen atoms in total. The van der Waals surface area contributed by atoms with Crippen LogP contribution in [-0.4, -0.2) is 58.7 Å². The fraction of sp³-hybridized carbons (Fsp3) is 0.400. The zero-order valence-corrected chi connectivity index (χ0v) is 16.8. The zero-order chi connectivity index (χ0) is 20.0. The molecular weight excluding hydrogens is 383 g/mol. The Morgan fingerprint density at radius 1 is 1.00 bits per heavy atom. The van der Waals surface area contributed by atoms with Gasteiger partial charge in [-0.25, -0.2) is 12.8 Å². The number of sulfonamides is 1. The summed E-state index contributed by atoms with van der Waals surface area (Å²) in [6, 6.07) is 13.0. The molecule has 2 aromatic carbocycles. The number of nitrogens with one attached hydrogen (secondary N) is 1. The summed E-state index contributed by atoms with van der Waals surface area (Å²) in [5.41, 5.74) is 0. The number of piperazine rings is 1. The van der Waals surface area contributed by atoms with Crippen LogP contribution in [0, 0.1) is 5.82 Å². The maximum atomic E-state index is 13.9. The molecule has 1 aliphatic rings. The van der Waals surface area contributed by atoms with E-state index in [9.17, 15) is 12.8 Å². The SMILES string of the molecule is CCOc1ccc(OCC[NH+]2CCN(S(=O)(=O)c3ccccc3F)CC2)cc1.